The van der Waals surface area contributed by atoms with E-state index in [0.717, 1.165) is 0 Å². The van der Waals surface area contributed by atoms with Crippen LogP contribution in [0.3, 0.4) is 0 Å². The van der Waals surface area contributed by atoms with E-state index in [1.54, 1.807) is 6.08 Å². The summed E-state index contributed by atoms with van der Waals surface area (Å²) in [7, 11) is 0. The molecule has 0 nitrogen and oxygen atoms in total. The first-order chi connectivity index (χ1) is 1.91. The summed E-state index contributed by atoms with van der Waals surface area (Å²) in [6.07, 6.45) is 3.64. The van der Waals surface area contributed by atoms with E-state index in [2.05, 4.69) is 6.58 Å². The first-order valence-corrected chi connectivity index (χ1v) is 1.32. The molecule has 0 fully saturated rings. The van der Waals surface area contributed by atoms with Gasteiger partial charge in [0.2, 0.25) is 0 Å². The van der Waals surface area contributed by atoms with Gasteiger partial charge in [0.25, 0.3) is 0 Å². The normalized spacial score (nSPS) is 3.50. The van der Waals surface area contributed by atoms with Crippen molar-refractivity contribution < 1.29 is 0 Å². The zero-order valence-corrected chi connectivity index (χ0v) is 17.1. The smallest absolute Gasteiger partial charge is 0 e. The topological polar surface area (TPSA) is 0 Å². The van der Waals surface area contributed by atoms with E-state index in [0.29, 0.717) is 0 Å². The van der Waals surface area contributed by atoms with Crippen LogP contribution in [0.2, 0.25) is 0 Å². The summed E-state index contributed by atoms with van der Waals surface area (Å²) in [4.78, 5) is 0. The maximum atomic E-state index is 3.42. The monoisotopic (exact) mass is 589 g/mol. The second kappa shape index (κ2) is 44.5. The van der Waals surface area contributed by atoms with E-state index in [1.165, 1.54) is 0 Å². The molecule has 0 bridgehead atoms. The Morgan fingerprint density at radius 2 is 1.67 bits per heavy atom. The van der Waals surface area contributed by atoms with Gasteiger partial charge in [0.15, 0.2) is 0 Å². The molecular formula is C4H7Rf2-. The number of rotatable bonds is 1. The maximum Gasteiger partial charge on any atom is 0 e. The molecule has 0 heterocycles. The van der Waals surface area contributed by atoms with Crippen LogP contribution in [0.1, 0.15) is 6.92 Å². The molecule has 0 aromatic carbocycles. The van der Waals surface area contributed by atoms with Crippen molar-refractivity contribution in [2.45, 2.75) is 6.92 Å². The molecule has 0 aromatic heterocycles. The summed E-state index contributed by atoms with van der Waals surface area (Å²) in [6.45, 7) is 5.36. The minimum Gasteiger partial charge on any atom is -0.245 e. The van der Waals surface area contributed by atoms with Crippen molar-refractivity contribution in [3.8, 4) is 0 Å². The van der Waals surface area contributed by atoms with Gasteiger partial charge in [0.05, 0.1) is 0 Å². The Labute approximate surface area is 27.1 Å². The van der Waals surface area contributed by atoms with E-state index in [-0.39, 0.29) is 0 Å². The average Bonchev–Trinajstić information content (AvgIpc) is 1.37. The predicted octanol–water partition coefficient (Wildman–Crippen LogP) is 1.40. The SMILES string of the molecule is C=C[CH-]C.[Rf].[Rf]. The molecule has 0 amide bonds. The van der Waals surface area contributed by atoms with Gasteiger partial charge in [0.1, 0.15) is 0 Å². The van der Waals surface area contributed by atoms with Gasteiger partial charge in [-0.15, -0.1) is 6.92 Å². The van der Waals surface area contributed by atoms with Gasteiger partial charge in [0, 0.05) is 0 Å². The molecule has 0 rings (SSSR count). The quantitative estimate of drug-likeness (QED) is 0.407. The summed E-state index contributed by atoms with van der Waals surface area (Å²) in [5.41, 5.74) is 0. The molecule has 0 spiro atoms. The van der Waals surface area contributed by atoms with Crippen molar-refractivity contribution in [1.29, 1.82) is 0 Å². The largest absolute Gasteiger partial charge is 0.245 e. The standard InChI is InChI=1S/C4H7.2Rf/c1-3-4-2;;/h3-4H,1H2,2H3;;/q-1;;. The maximum absolute atomic E-state index is 3.42. The third kappa shape index (κ3) is 0.310. The van der Waals surface area contributed by atoms with Gasteiger partial charge < -0.3 is 0 Å². The van der Waals surface area contributed by atoms with Crippen LogP contribution in [0.25, 0.3) is 0 Å². The zero-order chi connectivity index (χ0) is 3.41. The van der Waals surface area contributed by atoms with Gasteiger partial charge in [-0.3, -0.25) is 0 Å². The van der Waals surface area contributed by atoms with E-state index in [9.17, 15) is 0 Å². The Hall–Kier alpha value is -2.39. The van der Waals surface area contributed by atoms with Crippen LogP contribution in [0.4, 0.5) is 0 Å². The van der Waals surface area contributed by atoms with Gasteiger partial charge in [-0.1, -0.05) is 0 Å². The minimum absolute atomic E-state index is 0. The molecule has 0 N–H and O–H groups in total. The summed E-state index contributed by atoms with van der Waals surface area (Å²) in [5, 5.41) is 0. The van der Waals surface area contributed by atoms with Crippen molar-refractivity contribution in [1.82, 2.24) is 0 Å². The average molecular weight is 589 g/mol. The van der Waals surface area contributed by atoms with E-state index in [1.807, 2.05) is 13.3 Å². The molecule has 0 aromatic rings. The fourth-order valence-electron chi connectivity index (χ4n) is 0. The summed E-state index contributed by atoms with van der Waals surface area (Å²) in [5.74, 6) is 0. The van der Waals surface area contributed by atoms with Crippen LogP contribution < -0.4 is 0 Å². The van der Waals surface area contributed by atoms with Crippen LogP contribution in [-0.2, 0) is 0 Å². The third-order valence-electron chi connectivity index (χ3n) is 0.236. The molecule has 0 unspecified atom stereocenters. The minimum atomic E-state index is 0. The Morgan fingerprint density at radius 3 is 1.67 bits per heavy atom. The molecule has 6 heavy (non-hydrogen) atoms. The molecule has 0 aliphatic rings. The fourth-order valence-corrected chi connectivity index (χ4v) is 0. The summed E-state index contributed by atoms with van der Waals surface area (Å²) >= 11 is 0. The predicted molar refractivity (Wildman–Crippen MR) is 20.2 cm³/mol. The molecule has 28 valence electrons. The van der Waals surface area contributed by atoms with Crippen LogP contribution >= 0.6 is 0 Å². The van der Waals surface area contributed by atoms with Crippen LogP contribution in [-0.4, -0.2) is 0 Å². The summed E-state index contributed by atoms with van der Waals surface area (Å²) in [6, 6.07) is 0. The summed E-state index contributed by atoms with van der Waals surface area (Å²) < 4.78 is 0. The van der Waals surface area contributed by atoms with Crippen LogP contribution in [0.15, 0.2) is 12.7 Å². The first kappa shape index (κ1) is 66.1. The molecule has 0 radical (unpaired) electrons. The molecule has 0 atom stereocenters. The van der Waals surface area contributed by atoms with Gasteiger partial charge >= 0.3 is 0 Å². The Balaban J connectivity index is -0.0000000450. The molecule has 0 aliphatic carbocycles. The number of hydrogen-bond donors (Lipinski definition) is 0. The van der Waals surface area contributed by atoms with Crippen LogP contribution in [0.5, 0.6) is 0 Å². The van der Waals surface area contributed by atoms with Crippen molar-refractivity contribution in [2.24, 2.45) is 0 Å². The first-order valence-electron chi connectivity index (χ1n) is 1.32. The van der Waals surface area contributed by atoms with Crippen molar-refractivity contribution in [3.05, 3.63) is 19.1 Å². The molecule has 0 aliphatic heterocycles. The Morgan fingerprint density at radius 1 is 1.50 bits per heavy atom. The fraction of sp³-hybridized carbons (Fsp3) is 0.250. The molecule has 2 heteroatoms. The van der Waals surface area contributed by atoms with Gasteiger partial charge in [-0.05, 0) is 0 Å². The van der Waals surface area contributed by atoms with E-state index in [4.69, 9.17) is 0 Å². The Bertz CT molecular complexity index is 19.5. The molecular weight excluding hydrogens is 582 g/mol. The van der Waals surface area contributed by atoms with Crippen molar-refractivity contribution in [3.63, 3.8) is 0 Å². The van der Waals surface area contributed by atoms with Crippen molar-refractivity contribution in [2.75, 3.05) is 0 Å². The number of hydrogen-bond acceptors (Lipinski definition) is 0. The van der Waals surface area contributed by atoms with Gasteiger partial charge in [-0.25, -0.2) is 19.1 Å². The van der Waals surface area contributed by atoms with Crippen LogP contribution in [0, 0.1) is 6.42 Å². The van der Waals surface area contributed by atoms with Crippen molar-refractivity contribution >= 4 is 0 Å². The molecule has 0 saturated heterocycles. The second-order valence-electron chi connectivity index (χ2n) is 0.569. The van der Waals surface area contributed by atoms with Gasteiger partial charge in [-0.2, -0.15) is 0 Å². The van der Waals surface area contributed by atoms with E-state index >= 15 is 0 Å². The van der Waals surface area contributed by atoms with E-state index < -0.39 is 0 Å². The number of allylic oxidation sites excluding steroid dienone is 1. The zero-order valence-electron chi connectivity index (χ0n) is 4.28. The third-order valence-corrected chi connectivity index (χ3v) is 0.236. The second-order valence-corrected chi connectivity index (χ2v) is 0.569. The Kier molecular flexibility index (Phi) is 490. The molecule has 0 saturated carbocycles.